The predicted octanol–water partition coefficient (Wildman–Crippen LogP) is 1.38. The Morgan fingerprint density at radius 2 is 1.90 bits per heavy atom. The van der Waals surface area contributed by atoms with Gasteiger partial charge in [-0.3, -0.25) is 4.79 Å². The molecule has 0 bridgehead atoms. The minimum absolute atomic E-state index is 0.0369. The molecule has 1 aromatic heterocycles. The number of carbonyl (C=O) groups is 1. The monoisotopic (exact) mass is 285 g/mol. The molecule has 110 valence electrons. The number of rotatable bonds is 2. The van der Waals surface area contributed by atoms with E-state index in [2.05, 4.69) is 51.5 Å². The summed E-state index contributed by atoms with van der Waals surface area (Å²) in [5.74, 6) is -0.0369. The average molecular weight is 285 g/mol. The molecule has 1 N–H and O–H groups in total. The zero-order valence-corrected chi connectivity index (χ0v) is 12.3. The summed E-state index contributed by atoms with van der Waals surface area (Å²) in [5, 5.41) is 10.4. The van der Waals surface area contributed by atoms with Crippen molar-refractivity contribution in [2.75, 3.05) is 31.1 Å². The van der Waals surface area contributed by atoms with Crippen molar-refractivity contribution in [2.45, 2.75) is 13.8 Å². The summed E-state index contributed by atoms with van der Waals surface area (Å²) >= 11 is 0. The van der Waals surface area contributed by atoms with E-state index in [0.717, 1.165) is 13.1 Å². The molecule has 3 rings (SSSR count). The van der Waals surface area contributed by atoms with Gasteiger partial charge >= 0.3 is 0 Å². The van der Waals surface area contributed by atoms with E-state index in [1.807, 2.05) is 4.90 Å². The van der Waals surface area contributed by atoms with Gasteiger partial charge in [0.1, 0.15) is 0 Å². The summed E-state index contributed by atoms with van der Waals surface area (Å²) in [6.07, 6.45) is 0. The fourth-order valence-corrected chi connectivity index (χ4v) is 2.63. The Kier molecular flexibility index (Phi) is 3.60. The second kappa shape index (κ2) is 5.55. The number of nitrogens with one attached hydrogen (secondary N) is 1. The molecule has 1 aliphatic heterocycles. The molecule has 1 fully saturated rings. The van der Waals surface area contributed by atoms with Crippen LogP contribution in [0.3, 0.4) is 0 Å². The molecule has 6 nitrogen and oxygen atoms in total. The summed E-state index contributed by atoms with van der Waals surface area (Å²) in [6.45, 7) is 6.98. The molecule has 2 heterocycles. The molecule has 6 heteroatoms. The fraction of sp³-hybridized carbons (Fsp3) is 0.400. The Balaban J connectivity index is 1.65. The second-order valence-electron chi connectivity index (χ2n) is 5.38. The molecule has 21 heavy (non-hydrogen) atoms. The summed E-state index contributed by atoms with van der Waals surface area (Å²) < 4.78 is 0. The molecular formula is C15H19N5O. The van der Waals surface area contributed by atoms with Crippen LogP contribution in [0, 0.1) is 13.8 Å². The quantitative estimate of drug-likeness (QED) is 0.905. The number of hydrogen-bond donors (Lipinski definition) is 1. The van der Waals surface area contributed by atoms with Crippen LogP contribution >= 0.6 is 0 Å². The first-order chi connectivity index (χ1) is 10.1. The third-order valence-corrected chi connectivity index (χ3v) is 3.86. The molecule has 0 aliphatic carbocycles. The van der Waals surface area contributed by atoms with Gasteiger partial charge in [0.2, 0.25) is 0 Å². The lowest BCUT2D eigenvalue weighted by Crippen LogP contribution is -2.49. The van der Waals surface area contributed by atoms with E-state index >= 15 is 0 Å². The number of piperazine rings is 1. The number of anilines is 1. The highest BCUT2D eigenvalue weighted by atomic mass is 16.2. The number of nitrogens with zero attached hydrogens (tertiary/aromatic N) is 4. The Morgan fingerprint density at radius 1 is 1.14 bits per heavy atom. The van der Waals surface area contributed by atoms with Gasteiger partial charge in [0.15, 0.2) is 5.69 Å². The lowest BCUT2D eigenvalue weighted by molar-refractivity contribution is 0.0740. The smallest absolute Gasteiger partial charge is 0.276 e. The van der Waals surface area contributed by atoms with E-state index < -0.39 is 0 Å². The van der Waals surface area contributed by atoms with Gasteiger partial charge < -0.3 is 9.80 Å². The minimum Gasteiger partial charge on any atom is -0.368 e. The molecule has 0 unspecified atom stereocenters. The number of aromatic amines is 1. The standard InChI is InChI=1S/C15H19N5O/c1-11-4-3-5-13(10-11)19-6-8-20(9-7-19)15(21)14-12(2)16-18-17-14/h3-5,10H,6-9H2,1-2H3,(H,16,17,18). The average Bonchev–Trinajstić information content (AvgIpc) is 2.93. The van der Waals surface area contributed by atoms with E-state index in [1.54, 1.807) is 6.92 Å². The first kappa shape index (κ1) is 13.6. The predicted molar refractivity (Wildman–Crippen MR) is 80.4 cm³/mol. The van der Waals surface area contributed by atoms with Gasteiger partial charge in [-0.05, 0) is 31.5 Å². The zero-order valence-electron chi connectivity index (χ0n) is 12.3. The molecule has 0 saturated carbocycles. The van der Waals surface area contributed by atoms with Crippen LogP contribution < -0.4 is 4.90 Å². The van der Waals surface area contributed by atoms with Gasteiger partial charge in [-0.25, -0.2) is 0 Å². The summed E-state index contributed by atoms with van der Waals surface area (Å²) in [7, 11) is 0. The van der Waals surface area contributed by atoms with Crippen LogP contribution in [0.25, 0.3) is 0 Å². The van der Waals surface area contributed by atoms with Gasteiger partial charge in [0.05, 0.1) is 5.69 Å². The molecule has 1 aliphatic rings. The Hall–Kier alpha value is -2.37. The molecule has 2 aromatic rings. The molecule has 0 radical (unpaired) electrons. The molecule has 1 saturated heterocycles. The van der Waals surface area contributed by atoms with Crippen LogP contribution in [0.15, 0.2) is 24.3 Å². The number of carbonyl (C=O) groups excluding carboxylic acids is 1. The van der Waals surface area contributed by atoms with Crippen molar-refractivity contribution < 1.29 is 4.79 Å². The number of benzene rings is 1. The van der Waals surface area contributed by atoms with Crippen molar-refractivity contribution in [1.29, 1.82) is 0 Å². The van der Waals surface area contributed by atoms with Crippen molar-refractivity contribution in [3.05, 3.63) is 41.2 Å². The molecule has 1 aromatic carbocycles. The molecule has 0 spiro atoms. The number of hydrogen-bond acceptors (Lipinski definition) is 4. The highest BCUT2D eigenvalue weighted by Crippen LogP contribution is 2.18. The Labute approximate surface area is 123 Å². The van der Waals surface area contributed by atoms with Gasteiger partial charge in [0, 0.05) is 31.9 Å². The fourth-order valence-electron chi connectivity index (χ4n) is 2.63. The van der Waals surface area contributed by atoms with Crippen LogP contribution in [0.5, 0.6) is 0 Å². The molecule has 1 amide bonds. The SMILES string of the molecule is Cc1cccc(N2CCN(C(=O)c3n[nH]nc3C)CC2)c1. The van der Waals surface area contributed by atoms with E-state index in [9.17, 15) is 4.79 Å². The highest BCUT2D eigenvalue weighted by Gasteiger charge is 2.25. The maximum atomic E-state index is 12.4. The van der Waals surface area contributed by atoms with Crippen LogP contribution in [0.2, 0.25) is 0 Å². The van der Waals surface area contributed by atoms with Crippen LogP contribution in [-0.4, -0.2) is 52.4 Å². The van der Waals surface area contributed by atoms with Gasteiger partial charge in [-0.1, -0.05) is 12.1 Å². The summed E-state index contributed by atoms with van der Waals surface area (Å²) in [4.78, 5) is 16.5. The highest BCUT2D eigenvalue weighted by molar-refractivity contribution is 5.93. The van der Waals surface area contributed by atoms with Crippen molar-refractivity contribution in [2.24, 2.45) is 0 Å². The van der Waals surface area contributed by atoms with Gasteiger partial charge in [0.25, 0.3) is 5.91 Å². The summed E-state index contributed by atoms with van der Waals surface area (Å²) in [6, 6.07) is 8.46. The van der Waals surface area contributed by atoms with Crippen molar-refractivity contribution in [1.82, 2.24) is 20.3 Å². The zero-order chi connectivity index (χ0) is 14.8. The maximum Gasteiger partial charge on any atom is 0.276 e. The molecule has 0 atom stereocenters. The molecular weight excluding hydrogens is 266 g/mol. The minimum atomic E-state index is -0.0369. The Bertz CT molecular complexity index is 643. The third kappa shape index (κ3) is 2.74. The van der Waals surface area contributed by atoms with Crippen molar-refractivity contribution in [3.63, 3.8) is 0 Å². The van der Waals surface area contributed by atoms with Crippen molar-refractivity contribution in [3.8, 4) is 0 Å². The first-order valence-corrected chi connectivity index (χ1v) is 7.13. The number of aryl methyl sites for hydroxylation is 2. The van der Waals surface area contributed by atoms with E-state index in [4.69, 9.17) is 0 Å². The van der Waals surface area contributed by atoms with Crippen LogP contribution in [0.1, 0.15) is 21.7 Å². The lowest BCUT2D eigenvalue weighted by atomic mass is 10.2. The Morgan fingerprint density at radius 3 is 2.52 bits per heavy atom. The van der Waals surface area contributed by atoms with Crippen LogP contribution in [-0.2, 0) is 0 Å². The van der Waals surface area contributed by atoms with E-state index in [1.165, 1.54) is 11.3 Å². The van der Waals surface area contributed by atoms with Gasteiger partial charge in [-0.2, -0.15) is 15.4 Å². The maximum absolute atomic E-state index is 12.4. The number of H-pyrrole nitrogens is 1. The topological polar surface area (TPSA) is 65.1 Å². The third-order valence-electron chi connectivity index (χ3n) is 3.86. The summed E-state index contributed by atoms with van der Waals surface area (Å²) in [5.41, 5.74) is 3.56. The first-order valence-electron chi connectivity index (χ1n) is 7.13. The number of amides is 1. The normalized spacial score (nSPS) is 15.3. The van der Waals surface area contributed by atoms with E-state index in [-0.39, 0.29) is 5.91 Å². The van der Waals surface area contributed by atoms with Gasteiger partial charge in [-0.15, -0.1) is 0 Å². The van der Waals surface area contributed by atoms with Crippen LogP contribution in [0.4, 0.5) is 5.69 Å². The van der Waals surface area contributed by atoms with E-state index in [0.29, 0.717) is 24.5 Å². The largest absolute Gasteiger partial charge is 0.368 e. The number of aromatic nitrogens is 3. The van der Waals surface area contributed by atoms with Crippen molar-refractivity contribution >= 4 is 11.6 Å². The lowest BCUT2D eigenvalue weighted by Gasteiger charge is -2.36. The second-order valence-corrected chi connectivity index (χ2v) is 5.38.